The minimum Gasteiger partial charge on any atom is -0.356 e. The fourth-order valence-corrected chi connectivity index (χ4v) is 2.79. The molecule has 0 fully saturated rings. The second kappa shape index (κ2) is 6.84. The molecule has 0 atom stereocenters. The van der Waals surface area contributed by atoms with Gasteiger partial charge in [0.2, 0.25) is 5.91 Å². The van der Waals surface area contributed by atoms with E-state index in [-0.39, 0.29) is 12.5 Å². The number of rotatable bonds is 5. The molecule has 4 rings (SSSR count). The van der Waals surface area contributed by atoms with Crippen LogP contribution in [-0.4, -0.2) is 20.6 Å². The van der Waals surface area contributed by atoms with Gasteiger partial charge in [-0.15, -0.1) is 0 Å². The quantitative estimate of drug-likeness (QED) is 0.602. The molecule has 6 nitrogen and oxygen atoms in total. The van der Waals surface area contributed by atoms with Crippen molar-refractivity contribution in [3.63, 3.8) is 0 Å². The molecule has 2 heterocycles. The molecule has 0 aliphatic heterocycles. The van der Waals surface area contributed by atoms with E-state index in [9.17, 15) is 4.79 Å². The summed E-state index contributed by atoms with van der Waals surface area (Å²) >= 11 is 0. The first-order valence-electron chi connectivity index (χ1n) is 8.38. The largest absolute Gasteiger partial charge is 0.356 e. The van der Waals surface area contributed by atoms with Gasteiger partial charge in [-0.25, -0.2) is 4.98 Å². The first-order valence-corrected chi connectivity index (χ1v) is 8.38. The Hall–Kier alpha value is -3.41. The number of carbonyl (C=O) groups is 1. The number of aryl methyl sites for hydroxylation is 1. The number of benzene rings is 2. The van der Waals surface area contributed by atoms with Crippen molar-refractivity contribution < 1.29 is 9.32 Å². The van der Waals surface area contributed by atoms with Crippen molar-refractivity contribution in [2.75, 3.05) is 0 Å². The normalized spacial score (nSPS) is 11.0. The van der Waals surface area contributed by atoms with Gasteiger partial charge in [-0.3, -0.25) is 4.79 Å². The third kappa shape index (κ3) is 3.35. The number of imidazole rings is 1. The molecule has 0 saturated carbocycles. The van der Waals surface area contributed by atoms with E-state index < -0.39 is 0 Å². The average Bonchev–Trinajstić information content (AvgIpc) is 3.28. The zero-order valence-electron chi connectivity index (χ0n) is 14.3. The number of amides is 1. The molecule has 0 aliphatic rings. The highest BCUT2D eigenvalue weighted by Gasteiger charge is 2.10. The predicted octanol–water partition coefficient (Wildman–Crippen LogP) is 3.32. The molecule has 0 bridgehead atoms. The molecular weight excluding hydrogens is 328 g/mol. The number of carbonyl (C=O) groups excluding carboxylic acids is 1. The molecule has 0 unspecified atom stereocenters. The highest BCUT2D eigenvalue weighted by molar-refractivity contribution is 5.80. The summed E-state index contributed by atoms with van der Waals surface area (Å²) in [6.45, 7) is 2.57. The maximum atomic E-state index is 12.2. The first kappa shape index (κ1) is 16.1. The lowest BCUT2D eigenvalue weighted by Gasteiger charge is -2.05. The molecule has 26 heavy (non-hydrogen) atoms. The van der Waals surface area contributed by atoms with Gasteiger partial charge in [0.1, 0.15) is 12.2 Å². The van der Waals surface area contributed by atoms with Crippen molar-refractivity contribution >= 4 is 16.9 Å². The van der Waals surface area contributed by atoms with E-state index in [1.807, 2.05) is 66.1 Å². The predicted molar refractivity (Wildman–Crippen MR) is 98.3 cm³/mol. The minimum absolute atomic E-state index is 0.104. The Balaban J connectivity index is 1.38. The summed E-state index contributed by atoms with van der Waals surface area (Å²) in [5.41, 5.74) is 4.65. The van der Waals surface area contributed by atoms with Crippen molar-refractivity contribution in [1.82, 2.24) is 20.0 Å². The van der Waals surface area contributed by atoms with Crippen LogP contribution in [0.3, 0.4) is 0 Å². The molecule has 1 N–H and O–H groups in total. The van der Waals surface area contributed by atoms with Crippen LogP contribution < -0.4 is 5.32 Å². The van der Waals surface area contributed by atoms with E-state index in [0.29, 0.717) is 18.0 Å². The van der Waals surface area contributed by atoms with Crippen molar-refractivity contribution in [1.29, 1.82) is 0 Å². The van der Waals surface area contributed by atoms with Crippen molar-refractivity contribution in [2.24, 2.45) is 0 Å². The fraction of sp³-hybridized carbons (Fsp3) is 0.150. The maximum Gasteiger partial charge on any atom is 0.240 e. The molecule has 1 amide bonds. The SMILES string of the molecule is Cc1ccc(-c2cc(CNC(=O)Cn3cnc4ccccc43)no2)cc1. The number of nitrogens with one attached hydrogen (secondary N) is 1. The number of fused-ring (bicyclic) bond motifs is 1. The van der Waals surface area contributed by atoms with Crippen LogP contribution in [-0.2, 0) is 17.9 Å². The second-order valence-corrected chi connectivity index (χ2v) is 6.19. The first-order chi connectivity index (χ1) is 12.7. The third-order valence-corrected chi connectivity index (χ3v) is 4.20. The molecule has 2 aromatic carbocycles. The van der Waals surface area contributed by atoms with E-state index in [4.69, 9.17) is 4.52 Å². The Morgan fingerprint density at radius 3 is 2.81 bits per heavy atom. The zero-order chi connectivity index (χ0) is 17.9. The second-order valence-electron chi connectivity index (χ2n) is 6.19. The van der Waals surface area contributed by atoms with Crippen LogP contribution in [0.25, 0.3) is 22.4 Å². The zero-order valence-corrected chi connectivity index (χ0v) is 14.3. The van der Waals surface area contributed by atoms with Crippen molar-refractivity contribution in [3.8, 4) is 11.3 Å². The monoisotopic (exact) mass is 346 g/mol. The molecular formula is C20H18N4O2. The fourth-order valence-electron chi connectivity index (χ4n) is 2.79. The third-order valence-electron chi connectivity index (χ3n) is 4.20. The summed E-state index contributed by atoms with van der Waals surface area (Å²) in [7, 11) is 0. The highest BCUT2D eigenvalue weighted by Crippen LogP contribution is 2.20. The van der Waals surface area contributed by atoms with Crippen LogP contribution >= 0.6 is 0 Å². The topological polar surface area (TPSA) is 73.0 Å². The van der Waals surface area contributed by atoms with Gasteiger partial charge >= 0.3 is 0 Å². The smallest absolute Gasteiger partial charge is 0.240 e. The van der Waals surface area contributed by atoms with Gasteiger partial charge in [0.15, 0.2) is 5.76 Å². The van der Waals surface area contributed by atoms with Gasteiger partial charge in [-0.2, -0.15) is 0 Å². The molecule has 130 valence electrons. The minimum atomic E-state index is -0.104. The lowest BCUT2D eigenvalue weighted by atomic mass is 10.1. The van der Waals surface area contributed by atoms with Crippen LogP contribution in [0, 0.1) is 6.92 Å². The number of aromatic nitrogens is 3. The molecule has 2 aromatic heterocycles. The van der Waals surface area contributed by atoms with Gasteiger partial charge in [-0.05, 0) is 19.1 Å². The Morgan fingerprint density at radius 1 is 1.15 bits per heavy atom. The van der Waals surface area contributed by atoms with Crippen LogP contribution in [0.4, 0.5) is 0 Å². The number of hydrogen-bond donors (Lipinski definition) is 1. The van der Waals surface area contributed by atoms with Gasteiger partial charge in [0.05, 0.1) is 23.9 Å². The van der Waals surface area contributed by atoms with Gasteiger partial charge in [0, 0.05) is 11.6 Å². The van der Waals surface area contributed by atoms with Crippen LogP contribution in [0.5, 0.6) is 0 Å². The van der Waals surface area contributed by atoms with Gasteiger partial charge < -0.3 is 14.4 Å². The maximum absolute atomic E-state index is 12.2. The molecule has 0 saturated heterocycles. The molecule has 0 aliphatic carbocycles. The standard InChI is InChI=1S/C20H18N4O2/c1-14-6-8-15(9-7-14)19-10-16(23-26-19)11-21-20(25)12-24-13-22-17-4-2-3-5-18(17)24/h2-10,13H,11-12H2,1H3,(H,21,25). The summed E-state index contributed by atoms with van der Waals surface area (Å²) in [6, 6.07) is 17.6. The van der Waals surface area contributed by atoms with Crippen molar-refractivity contribution in [2.45, 2.75) is 20.0 Å². The van der Waals surface area contributed by atoms with Crippen LogP contribution in [0.15, 0.2) is 65.4 Å². The van der Waals surface area contributed by atoms with E-state index in [1.165, 1.54) is 5.56 Å². The van der Waals surface area contributed by atoms with E-state index in [2.05, 4.69) is 15.5 Å². The summed E-state index contributed by atoms with van der Waals surface area (Å²) in [6.07, 6.45) is 1.68. The Labute approximate surface area is 150 Å². The molecule has 0 radical (unpaired) electrons. The van der Waals surface area contributed by atoms with E-state index in [1.54, 1.807) is 6.33 Å². The Kier molecular flexibility index (Phi) is 4.23. The molecule has 0 spiro atoms. The summed E-state index contributed by atoms with van der Waals surface area (Å²) in [5, 5.41) is 6.89. The van der Waals surface area contributed by atoms with Gasteiger partial charge in [-0.1, -0.05) is 47.1 Å². The Bertz CT molecular complexity index is 1050. The summed E-state index contributed by atoms with van der Waals surface area (Å²) in [5.74, 6) is 0.586. The highest BCUT2D eigenvalue weighted by atomic mass is 16.5. The average molecular weight is 346 g/mol. The number of hydrogen-bond acceptors (Lipinski definition) is 4. The van der Waals surface area contributed by atoms with Crippen LogP contribution in [0.1, 0.15) is 11.3 Å². The molecule has 4 aromatic rings. The lowest BCUT2D eigenvalue weighted by molar-refractivity contribution is -0.121. The van der Waals surface area contributed by atoms with Crippen molar-refractivity contribution in [3.05, 3.63) is 72.2 Å². The summed E-state index contributed by atoms with van der Waals surface area (Å²) < 4.78 is 7.19. The lowest BCUT2D eigenvalue weighted by Crippen LogP contribution is -2.26. The molecule has 6 heteroatoms. The number of para-hydroxylation sites is 2. The van der Waals surface area contributed by atoms with E-state index in [0.717, 1.165) is 16.6 Å². The van der Waals surface area contributed by atoms with Crippen LogP contribution in [0.2, 0.25) is 0 Å². The van der Waals surface area contributed by atoms with E-state index >= 15 is 0 Å². The summed E-state index contributed by atoms with van der Waals surface area (Å²) in [4.78, 5) is 16.5. The number of nitrogens with zero attached hydrogens (tertiary/aromatic N) is 3. The van der Waals surface area contributed by atoms with Gasteiger partial charge in [0.25, 0.3) is 0 Å². The Morgan fingerprint density at radius 2 is 1.96 bits per heavy atom.